The van der Waals surface area contributed by atoms with Crippen molar-refractivity contribution in [1.29, 1.82) is 0 Å². The number of rotatable bonds is 2. The van der Waals surface area contributed by atoms with Gasteiger partial charge in [0.1, 0.15) is 28.3 Å². The summed E-state index contributed by atoms with van der Waals surface area (Å²) in [5.41, 5.74) is 0. The van der Waals surface area contributed by atoms with Gasteiger partial charge in [0.25, 0.3) is 9.88 Å². The minimum absolute atomic E-state index is 0.186. The molecule has 3 rings (SSSR count). The van der Waals surface area contributed by atoms with Gasteiger partial charge in [-0.1, -0.05) is 9.68 Å². The predicted octanol–water partition coefficient (Wildman–Crippen LogP) is -1.24. The normalized spacial score (nSPS) is 35.2. The highest BCUT2D eigenvalue weighted by Crippen LogP contribution is 2.51. The number of hydrogen-bond donors (Lipinski definition) is 0. The molecule has 0 amide bonds. The lowest BCUT2D eigenvalue weighted by atomic mass is 11.2. The molecule has 0 N–H and O–H groups in total. The Morgan fingerprint density at radius 1 is 0.688 bits per heavy atom. The van der Waals surface area contributed by atoms with Crippen LogP contribution in [0.5, 0.6) is 0 Å². The summed E-state index contributed by atoms with van der Waals surface area (Å²) in [7, 11) is 5.86. The zero-order valence-electron chi connectivity index (χ0n) is 9.05. The molecule has 12 heteroatoms. The molecule has 3 aliphatic heterocycles. The van der Waals surface area contributed by atoms with E-state index in [2.05, 4.69) is 0 Å². The summed E-state index contributed by atoms with van der Waals surface area (Å²) < 4.78 is 0. The number of hydroxylamine groups is 4. The van der Waals surface area contributed by atoms with Gasteiger partial charge < -0.3 is 0 Å². The van der Waals surface area contributed by atoms with Crippen LogP contribution >= 0.6 is 0 Å². The molecule has 0 aliphatic carbocycles. The van der Waals surface area contributed by atoms with Gasteiger partial charge in [0, 0.05) is 0 Å². The minimum Gasteiger partial charge on any atom is -0.0900 e. The highest BCUT2D eigenvalue weighted by atomic mass is 17.9. The molecule has 0 atom stereocenters. The van der Waals surface area contributed by atoms with Crippen molar-refractivity contribution in [2.45, 2.75) is 0 Å². The average Bonchev–Trinajstić information content (AvgIpc) is 2.05. The van der Waals surface area contributed by atoms with Crippen LogP contribution in [0.3, 0.4) is 0 Å². The smallest absolute Gasteiger partial charge is 0.0900 e. The molecule has 3 aliphatic rings. The molecule has 2 spiro atoms. The molecule has 0 aromatic heterocycles. The highest BCUT2D eigenvalue weighted by Gasteiger charge is 3.03. The van der Waals surface area contributed by atoms with Crippen molar-refractivity contribution in [3.05, 3.63) is 0 Å². The summed E-state index contributed by atoms with van der Waals surface area (Å²) in [4.78, 5) is 39.1. The van der Waals surface area contributed by atoms with Crippen LogP contribution in [0.25, 0.3) is 0 Å². The molecule has 3 saturated heterocycles. The second-order valence-electron chi connectivity index (χ2n) is 3.45. The first-order valence-corrected chi connectivity index (χ1v) is 4.27. The van der Waals surface area contributed by atoms with Gasteiger partial charge in [-0.25, -0.2) is 0 Å². The minimum atomic E-state index is -1.07. The standard InChI is InChI=1S/C4H12N4O8/c1-5(2)11-7(12-5)15-8(16-7)13-6(9-3,10-4)14-8/h1-4H3/q+4. The van der Waals surface area contributed by atoms with E-state index in [1.165, 1.54) is 14.2 Å². The SMILES string of the molecule is CO[N+]1(OC)O[N+]2(O1)O[N+]1(O[N+](C)(C)O1)O2. The van der Waals surface area contributed by atoms with Crippen LogP contribution in [0.15, 0.2) is 0 Å². The summed E-state index contributed by atoms with van der Waals surface area (Å²) in [6.07, 6.45) is 0. The number of quaternary nitrogens is 4. The number of hydrogen-bond acceptors (Lipinski definition) is 8. The first kappa shape index (κ1) is 10.7. The first-order valence-electron chi connectivity index (χ1n) is 4.27. The second-order valence-corrected chi connectivity index (χ2v) is 3.45. The summed E-state index contributed by atoms with van der Waals surface area (Å²) in [6, 6.07) is 0. The maximum Gasteiger partial charge on any atom is 0.495 e. The largest absolute Gasteiger partial charge is 0.495 e. The molecular weight excluding hydrogens is 232 g/mol. The lowest BCUT2D eigenvalue weighted by Crippen LogP contribution is -2.91. The Morgan fingerprint density at radius 3 is 1.50 bits per heavy atom. The molecule has 0 radical (unpaired) electrons. The van der Waals surface area contributed by atoms with E-state index in [9.17, 15) is 0 Å². The van der Waals surface area contributed by atoms with Crippen molar-refractivity contribution >= 4 is 0 Å². The van der Waals surface area contributed by atoms with E-state index < -0.39 is 15.4 Å². The lowest BCUT2D eigenvalue weighted by Gasteiger charge is -2.40. The van der Waals surface area contributed by atoms with Crippen molar-refractivity contribution in [3.63, 3.8) is 0 Å². The van der Waals surface area contributed by atoms with E-state index in [-0.39, 0.29) is 4.81 Å². The van der Waals surface area contributed by atoms with Gasteiger partial charge in [0.15, 0.2) is 9.88 Å². The van der Waals surface area contributed by atoms with Crippen LogP contribution in [0.1, 0.15) is 0 Å². The molecule has 0 aromatic carbocycles. The molecule has 0 bridgehead atoms. The van der Waals surface area contributed by atoms with Crippen molar-refractivity contribution in [3.8, 4) is 0 Å². The lowest BCUT2D eigenvalue weighted by molar-refractivity contribution is -2.04. The molecule has 3 fully saturated rings. The third-order valence-electron chi connectivity index (χ3n) is 1.84. The molecule has 0 saturated carbocycles. The Bertz CT molecular complexity index is 304. The van der Waals surface area contributed by atoms with Crippen LogP contribution < -0.4 is 0 Å². The van der Waals surface area contributed by atoms with Crippen molar-refractivity contribution < 1.29 is 59.5 Å². The Morgan fingerprint density at radius 2 is 1.12 bits per heavy atom. The fourth-order valence-electron chi connectivity index (χ4n) is 1.32. The van der Waals surface area contributed by atoms with Crippen molar-refractivity contribution in [1.82, 2.24) is 0 Å². The molecule has 0 aromatic rings. The zero-order chi connectivity index (χ0) is 11.7. The highest BCUT2D eigenvalue weighted by molar-refractivity contribution is 3.67. The summed E-state index contributed by atoms with van der Waals surface area (Å²) >= 11 is 0. The van der Waals surface area contributed by atoms with Crippen LogP contribution in [0.4, 0.5) is 0 Å². The quantitative estimate of drug-likeness (QED) is 0.558. The summed E-state index contributed by atoms with van der Waals surface area (Å²) in [5, 5.41) is -3.00. The fraction of sp³-hybridized carbons (Fsp3) is 1.00. The Balaban J connectivity index is 1.56. The van der Waals surface area contributed by atoms with E-state index in [0.29, 0.717) is 0 Å². The van der Waals surface area contributed by atoms with Crippen LogP contribution in [-0.4, -0.2) is 48.5 Å². The molecule has 16 heavy (non-hydrogen) atoms. The van der Waals surface area contributed by atoms with Crippen molar-refractivity contribution in [2.75, 3.05) is 28.3 Å². The van der Waals surface area contributed by atoms with Crippen LogP contribution in [-0.2, 0) is 39.3 Å². The van der Waals surface area contributed by atoms with Gasteiger partial charge in [0.2, 0.25) is 9.88 Å². The first-order chi connectivity index (χ1) is 7.36. The maximum atomic E-state index is 5.06. The maximum absolute atomic E-state index is 5.06. The third-order valence-corrected chi connectivity index (χ3v) is 1.84. The predicted molar refractivity (Wildman–Crippen MR) is 33.4 cm³/mol. The fourth-order valence-corrected chi connectivity index (χ4v) is 1.32. The van der Waals surface area contributed by atoms with E-state index in [1.807, 2.05) is 0 Å². The molecule has 0 unspecified atom stereocenters. The van der Waals surface area contributed by atoms with Crippen LogP contribution in [0, 0.1) is 0 Å². The van der Waals surface area contributed by atoms with Crippen LogP contribution in [0.2, 0.25) is 0 Å². The van der Waals surface area contributed by atoms with Gasteiger partial charge in [-0.2, -0.15) is 0 Å². The third kappa shape index (κ3) is 1.23. The molecule has 3 heterocycles. The van der Waals surface area contributed by atoms with Crippen molar-refractivity contribution in [2.24, 2.45) is 0 Å². The zero-order valence-corrected chi connectivity index (χ0v) is 9.05. The Kier molecular flexibility index (Phi) is 1.78. The second kappa shape index (κ2) is 2.67. The molecular formula is C4H12N4O8+4. The van der Waals surface area contributed by atoms with Gasteiger partial charge in [-0.15, -0.1) is 0 Å². The topological polar surface area (TPSA) is 73.8 Å². The molecule has 92 valence electrons. The molecule has 12 nitrogen and oxygen atoms in total. The van der Waals surface area contributed by atoms with Gasteiger partial charge in [0.05, 0.1) is 4.81 Å². The van der Waals surface area contributed by atoms with E-state index in [1.54, 1.807) is 14.1 Å². The number of nitrogens with zero attached hydrogens (tertiary/aromatic N) is 4. The van der Waals surface area contributed by atoms with Gasteiger partial charge in [-0.05, 0) is 0 Å². The Hall–Kier alpha value is -0.480. The monoisotopic (exact) mass is 244 g/mol. The van der Waals surface area contributed by atoms with E-state index in [4.69, 9.17) is 39.3 Å². The van der Waals surface area contributed by atoms with E-state index in [0.717, 1.165) is 0 Å². The summed E-state index contributed by atoms with van der Waals surface area (Å²) in [6.45, 7) is 0. The van der Waals surface area contributed by atoms with E-state index >= 15 is 0 Å². The average molecular weight is 244 g/mol. The Labute approximate surface area is 89.0 Å². The van der Waals surface area contributed by atoms with Gasteiger partial charge in [-0.3, -0.25) is 0 Å². The van der Waals surface area contributed by atoms with Gasteiger partial charge >= 0.3 is 15.4 Å². The summed E-state index contributed by atoms with van der Waals surface area (Å²) in [5.74, 6) is 0.